The van der Waals surface area contributed by atoms with Crippen LogP contribution >= 0.6 is 15.9 Å². The third-order valence-electron chi connectivity index (χ3n) is 2.55. The number of nitrogens with one attached hydrogen (secondary N) is 2. The van der Waals surface area contributed by atoms with Gasteiger partial charge in [-0.05, 0) is 40.5 Å². The van der Waals surface area contributed by atoms with Gasteiger partial charge in [0.1, 0.15) is 6.04 Å². The van der Waals surface area contributed by atoms with E-state index in [-0.39, 0.29) is 16.6 Å². The van der Waals surface area contributed by atoms with Crippen molar-refractivity contribution >= 4 is 33.6 Å². The molecule has 1 unspecified atom stereocenters. The topological polar surface area (TPSA) is 78.4 Å². The number of carboxylic acids is 1. The lowest BCUT2D eigenvalue weighted by Gasteiger charge is -2.15. The fraction of sp³-hybridized carbons (Fsp3) is 0.333. The van der Waals surface area contributed by atoms with Crippen LogP contribution in [-0.2, 0) is 11.0 Å². The van der Waals surface area contributed by atoms with Crippen LogP contribution in [0.1, 0.15) is 18.9 Å². The average Bonchev–Trinajstić information content (AvgIpc) is 2.36. The Hall–Kier alpha value is -1.77. The summed E-state index contributed by atoms with van der Waals surface area (Å²) in [6.45, 7) is 1.55. The number of alkyl halides is 3. The van der Waals surface area contributed by atoms with Gasteiger partial charge in [-0.2, -0.15) is 13.2 Å². The Morgan fingerprint density at radius 3 is 2.48 bits per heavy atom. The molecule has 0 fully saturated rings. The molecule has 0 heterocycles. The molecule has 1 aromatic rings. The van der Waals surface area contributed by atoms with Crippen LogP contribution in [-0.4, -0.2) is 23.1 Å². The number of urea groups is 1. The molecule has 0 aliphatic carbocycles. The Labute approximate surface area is 126 Å². The van der Waals surface area contributed by atoms with Crippen LogP contribution in [0.3, 0.4) is 0 Å². The zero-order valence-corrected chi connectivity index (χ0v) is 12.4. The molecule has 0 bridgehead atoms. The maximum absolute atomic E-state index is 12.6. The van der Waals surface area contributed by atoms with E-state index in [2.05, 4.69) is 26.6 Å². The molecule has 3 N–H and O–H groups in total. The summed E-state index contributed by atoms with van der Waals surface area (Å²) in [4.78, 5) is 22.4. The first kappa shape index (κ1) is 17.3. The first-order chi connectivity index (χ1) is 9.65. The highest BCUT2D eigenvalue weighted by Crippen LogP contribution is 2.33. The van der Waals surface area contributed by atoms with Crippen molar-refractivity contribution < 1.29 is 27.9 Å². The molecule has 0 saturated heterocycles. The number of aliphatic carboxylic acids is 1. The standard InChI is InChI=1S/C12H12BrF3N2O3/c1-2-8(10(19)20)17-11(21)18-9-5-6(12(14,15)16)3-4-7(9)13/h3-5,8H,2H2,1H3,(H,19,20)(H2,17,18,21). The van der Waals surface area contributed by atoms with Crippen LogP contribution < -0.4 is 10.6 Å². The normalized spacial score (nSPS) is 12.6. The lowest BCUT2D eigenvalue weighted by molar-refractivity contribution is -0.139. The number of hydrogen-bond acceptors (Lipinski definition) is 2. The van der Waals surface area contributed by atoms with Crippen molar-refractivity contribution in [3.05, 3.63) is 28.2 Å². The molecule has 1 atom stereocenters. The lowest BCUT2D eigenvalue weighted by atomic mass is 10.2. The summed E-state index contributed by atoms with van der Waals surface area (Å²) in [6.07, 6.45) is -4.40. The Bertz CT molecular complexity index is 549. The van der Waals surface area contributed by atoms with Gasteiger partial charge in [0.25, 0.3) is 0 Å². The molecule has 0 radical (unpaired) electrons. The lowest BCUT2D eigenvalue weighted by Crippen LogP contribution is -2.42. The van der Waals surface area contributed by atoms with Crippen molar-refractivity contribution in [3.8, 4) is 0 Å². The smallest absolute Gasteiger partial charge is 0.416 e. The summed E-state index contributed by atoms with van der Waals surface area (Å²) in [6, 6.07) is 0.747. The molecule has 0 saturated carbocycles. The molecule has 116 valence electrons. The van der Waals surface area contributed by atoms with Crippen LogP contribution in [0.5, 0.6) is 0 Å². The van der Waals surface area contributed by atoms with Gasteiger partial charge in [-0.3, -0.25) is 0 Å². The van der Waals surface area contributed by atoms with Gasteiger partial charge in [0.2, 0.25) is 0 Å². The molecular formula is C12H12BrF3N2O3. The first-order valence-electron chi connectivity index (χ1n) is 5.82. The highest BCUT2D eigenvalue weighted by atomic mass is 79.9. The molecule has 0 aliphatic rings. The maximum atomic E-state index is 12.6. The van der Waals surface area contributed by atoms with Gasteiger partial charge in [-0.25, -0.2) is 9.59 Å². The van der Waals surface area contributed by atoms with Crippen LogP contribution in [0.15, 0.2) is 22.7 Å². The Morgan fingerprint density at radius 2 is 2.00 bits per heavy atom. The third-order valence-corrected chi connectivity index (χ3v) is 3.25. The predicted molar refractivity (Wildman–Crippen MR) is 73.0 cm³/mol. The summed E-state index contributed by atoms with van der Waals surface area (Å²) >= 11 is 3.01. The molecule has 9 heteroatoms. The van der Waals surface area contributed by atoms with Crippen molar-refractivity contribution in [3.63, 3.8) is 0 Å². The highest BCUT2D eigenvalue weighted by Gasteiger charge is 2.31. The third kappa shape index (κ3) is 4.92. The predicted octanol–water partition coefficient (Wildman–Crippen LogP) is 3.45. The maximum Gasteiger partial charge on any atom is 0.416 e. The summed E-state index contributed by atoms with van der Waals surface area (Å²) in [5.74, 6) is -1.23. The Morgan fingerprint density at radius 1 is 1.38 bits per heavy atom. The quantitative estimate of drug-likeness (QED) is 0.761. The van der Waals surface area contributed by atoms with E-state index in [0.29, 0.717) is 0 Å². The number of hydrogen-bond donors (Lipinski definition) is 3. The SMILES string of the molecule is CCC(NC(=O)Nc1cc(C(F)(F)F)ccc1Br)C(=O)O. The molecule has 0 aromatic heterocycles. The van der Waals surface area contributed by atoms with Crippen molar-refractivity contribution in [2.75, 3.05) is 5.32 Å². The second-order valence-corrected chi connectivity index (χ2v) is 4.94. The summed E-state index contributed by atoms with van der Waals surface area (Å²) < 4.78 is 38.0. The number of amides is 2. The fourth-order valence-corrected chi connectivity index (χ4v) is 1.80. The second kappa shape index (κ2) is 6.79. The van der Waals surface area contributed by atoms with E-state index < -0.39 is 29.8 Å². The molecule has 1 rings (SSSR count). The van der Waals surface area contributed by atoms with E-state index in [0.717, 1.165) is 18.2 Å². The molecule has 21 heavy (non-hydrogen) atoms. The second-order valence-electron chi connectivity index (χ2n) is 4.09. The van der Waals surface area contributed by atoms with E-state index in [1.807, 2.05) is 0 Å². The molecule has 0 aliphatic heterocycles. The van der Waals surface area contributed by atoms with Crippen LogP contribution in [0, 0.1) is 0 Å². The van der Waals surface area contributed by atoms with Crippen molar-refractivity contribution in [1.29, 1.82) is 0 Å². The fourth-order valence-electron chi connectivity index (χ4n) is 1.45. The molecule has 0 spiro atoms. The van der Waals surface area contributed by atoms with Gasteiger partial charge < -0.3 is 15.7 Å². The van der Waals surface area contributed by atoms with E-state index in [4.69, 9.17) is 5.11 Å². The van der Waals surface area contributed by atoms with Crippen molar-refractivity contribution in [1.82, 2.24) is 5.32 Å². The minimum atomic E-state index is -4.54. The number of rotatable bonds is 4. The molecule has 1 aromatic carbocycles. The number of carbonyl (C=O) groups excluding carboxylic acids is 1. The zero-order chi connectivity index (χ0) is 16.2. The monoisotopic (exact) mass is 368 g/mol. The number of halogens is 4. The van der Waals surface area contributed by atoms with Gasteiger partial charge in [-0.15, -0.1) is 0 Å². The number of carbonyl (C=O) groups is 2. The highest BCUT2D eigenvalue weighted by molar-refractivity contribution is 9.10. The van der Waals surface area contributed by atoms with Crippen LogP contribution in [0.2, 0.25) is 0 Å². The first-order valence-corrected chi connectivity index (χ1v) is 6.61. The minimum Gasteiger partial charge on any atom is -0.480 e. The van der Waals surface area contributed by atoms with E-state index >= 15 is 0 Å². The Balaban J connectivity index is 2.87. The summed E-state index contributed by atoms with van der Waals surface area (Å²) in [5, 5.41) is 13.1. The average molecular weight is 369 g/mol. The molecule has 2 amide bonds. The van der Waals surface area contributed by atoms with E-state index in [1.54, 1.807) is 6.92 Å². The van der Waals surface area contributed by atoms with E-state index in [9.17, 15) is 22.8 Å². The largest absolute Gasteiger partial charge is 0.480 e. The van der Waals surface area contributed by atoms with Crippen LogP contribution in [0.25, 0.3) is 0 Å². The summed E-state index contributed by atoms with van der Waals surface area (Å²) in [7, 11) is 0. The van der Waals surface area contributed by atoms with Gasteiger partial charge in [0.05, 0.1) is 11.3 Å². The Kier molecular flexibility index (Phi) is 5.59. The van der Waals surface area contributed by atoms with Gasteiger partial charge in [0.15, 0.2) is 0 Å². The van der Waals surface area contributed by atoms with Gasteiger partial charge >= 0.3 is 18.2 Å². The summed E-state index contributed by atoms with van der Waals surface area (Å²) in [5.41, 5.74) is -1.03. The zero-order valence-electron chi connectivity index (χ0n) is 10.8. The van der Waals surface area contributed by atoms with Crippen molar-refractivity contribution in [2.24, 2.45) is 0 Å². The number of carboxylic acid groups (broad SMARTS) is 1. The van der Waals surface area contributed by atoms with Gasteiger partial charge in [-0.1, -0.05) is 6.92 Å². The van der Waals surface area contributed by atoms with Crippen LogP contribution in [0.4, 0.5) is 23.7 Å². The van der Waals surface area contributed by atoms with Crippen molar-refractivity contribution in [2.45, 2.75) is 25.6 Å². The van der Waals surface area contributed by atoms with Gasteiger partial charge in [0, 0.05) is 4.47 Å². The van der Waals surface area contributed by atoms with E-state index in [1.165, 1.54) is 0 Å². The minimum absolute atomic E-state index is 0.109. The number of anilines is 1. The number of benzene rings is 1. The molecule has 5 nitrogen and oxygen atoms in total. The molecular weight excluding hydrogens is 357 g/mol.